The quantitative estimate of drug-likeness (QED) is 0.547. The Kier molecular flexibility index (Phi) is 3.90. The Hall–Kier alpha value is -2.16. The number of nitro benzene ring substituents is 1. The van der Waals surface area contributed by atoms with E-state index in [0.29, 0.717) is 5.56 Å². The van der Waals surface area contributed by atoms with Crippen molar-refractivity contribution in [2.24, 2.45) is 0 Å². The van der Waals surface area contributed by atoms with Crippen LogP contribution in [0.2, 0.25) is 5.02 Å². The number of anilines is 1. The number of quaternary nitrogens is 1. The summed E-state index contributed by atoms with van der Waals surface area (Å²) in [6.45, 7) is 1.93. The molecule has 0 aliphatic carbocycles. The van der Waals surface area contributed by atoms with Gasteiger partial charge in [-0.25, -0.2) is 0 Å². The molecule has 0 fully saturated rings. The number of fused-ring (bicyclic) bond motifs is 3. The lowest BCUT2D eigenvalue weighted by Crippen LogP contribution is -3.08. The van der Waals surface area contributed by atoms with Crippen molar-refractivity contribution in [2.75, 3.05) is 18.9 Å². The highest BCUT2D eigenvalue weighted by Crippen LogP contribution is 2.39. The lowest BCUT2D eigenvalue weighted by atomic mass is 10.0. The molecule has 1 aromatic carbocycles. The average molecular weight is 380 g/mol. The van der Waals surface area contributed by atoms with E-state index in [1.165, 1.54) is 21.9 Å². The number of amides is 1. The van der Waals surface area contributed by atoms with Crippen molar-refractivity contribution in [3.05, 3.63) is 54.9 Å². The van der Waals surface area contributed by atoms with Crippen molar-refractivity contribution in [2.45, 2.75) is 19.1 Å². The topological polar surface area (TPSA) is 88.7 Å². The van der Waals surface area contributed by atoms with Gasteiger partial charge in [0.2, 0.25) is 0 Å². The van der Waals surface area contributed by atoms with Crippen LogP contribution in [0.5, 0.6) is 0 Å². The number of nitrogens with one attached hydrogen (secondary N) is 3. The number of hydrogen-bond donors (Lipinski definition) is 3. The Morgan fingerprint density at radius 1 is 1.40 bits per heavy atom. The molecule has 3 heterocycles. The lowest BCUT2D eigenvalue weighted by Gasteiger charge is -2.27. The maximum atomic E-state index is 12.7. The molecular formula is C16H16ClN4O3S+. The van der Waals surface area contributed by atoms with E-state index in [0.717, 1.165) is 35.6 Å². The number of nitrogens with zero attached hydrogens (tertiary/aromatic N) is 1. The number of likely N-dealkylation sites (N-methyl/N-ethyl adjacent to an activating group) is 1. The highest BCUT2D eigenvalue weighted by Gasteiger charge is 2.34. The molecule has 1 amide bonds. The van der Waals surface area contributed by atoms with Gasteiger partial charge in [0.1, 0.15) is 22.7 Å². The van der Waals surface area contributed by atoms with Gasteiger partial charge in [0.15, 0.2) is 0 Å². The lowest BCUT2D eigenvalue weighted by molar-refractivity contribution is -0.895. The SMILES string of the molecule is C[NH+]1CCc2c(sc3c2C(=O)N[C@H](c2ccc(Cl)c([N+](=O)[O-])c2)N3)C1. The molecule has 0 spiro atoms. The monoisotopic (exact) mass is 379 g/mol. The highest BCUT2D eigenvalue weighted by molar-refractivity contribution is 7.16. The molecule has 2 atom stereocenters. The summed E-state index contributed by atoms with van der Waals surface area (Å²) in [5.74, 6) is -0.131. The Balaban J connectivity index is 1.69. The van der Waals surface area contributed by atoms with Crippen LogP contribution < -0.4 is 15.5 Å². The van der Waals surface area contributed by atoms with Gasteiger partial charge in [-0.15, -0.1) is 11.3 Å². The number of benzene rings is 1. The maximum Gasteiger partial charge on any atom is 0.288 e. The van der Waals surface area contributed by atoms with Gasteiger partial charge < -0.3 is 15.5 Å². The standard InChI is InChI=1S/C16H15ClN4O3S/c1-20-5-4-9-12(7-20)25-16-13(9)15(22)18-14(19-16)8-2-3-10(17)11(6-8)21(23)24/h2-3,6,14,19H,4-5,7H2,1H3,(H,18,22)/p+1/t14-/m0/s1. The van der Waals surface area contributed by atoms with E-state index in [-0.39, 0.29) is 16.6 Å². The molecule has 0 saturated heterocycles. The number of nitro groups is 1. The summed E-state index contributed by atoms with van der Waals surface area (Å²) >= 11 is 7.48. The van der Waals surface area contributed by atoms with Gasteiger partial charge in [-0.1, -0.05) is 17.7 Å². The predicted octanol–water partition coefficient (Wildman–Crippen LogP) is 1.73. The zero-order valence-corrected chi connectivity index (χ0v) is 15.0. The number of halogens is 1. The fourth-order valence-corrected chi connectivity index (χ4v) is 4.92. The first kappa shape index (κ1) is 16.3. The minimum Gasteiger partial charge on any atom is -0.353 e. The molecule has 25 heavy (non-hydrogen) atoms. The van der Waals surface area contributed by atoms with Crippen molar-refractivity contribution in [3.8, 4) is 0 Å². The molecule has 1 aromatic heterocycles. The van der Waals surface area contributed by atoms with Crippen molar-refractivity contribution in [3.63, 3.8) is 0 Å². The zero-order chi connectivity index (χ0) is 17.7. The van der Waals surface area contributed by atoms with Gasteiger partial charge in [0.05, 0.1) is 29.0 Å². The Bertz CT molecular complexity index is 898. The van der Waals surface area contributed by atoms with Crippen molar-refractivity contribution < 1.29 is 14.6 Å². The predicted molar refractivity (Wildman–Crippen MR) is 95.4 cm³/mol. The molecule has 0 bridgehead atoms. The molecular weight excluding hydrogens is 364 g/mol. The first-order chi connectivity index (χ1) is 11.9. The third-order valence-corrected chi connectivity index (χ3v) is 6.12. The van der Waals surface area contributed by atoms with Crippen LogP contribution in [0.15, 0.2) is 18.2 Å². The second-order valence-corrected chi connectivity index (χ2v) is 7.87. The van der Waals surface area contributed by atoms with E-state index in [4.69, 9.17) is 11.6 Å². The van der Waals surface area contributed by atoms with E-state index in [1.807, 2.05) is 0 Å². The molecule has 0 radical (unpaired) electrons. The van der Waals surface area contributed by atoms with Crippen LogP contribution in [0, 0.1) is 10.1 Å². The summed E-state index contributed by atoms with van der Waals surface area (Å²) in [5, 5.41) is 18.2. The van der Waals surface area contributed by atoms with Crippen LogP contribution >= 0.6 is 22.9 Å². The number of thiophene rings is 1. The normalized spacial score (nSPS) is 21.8. The molecule has 0 saturated carbocycles. The van der Waals surface area contributed by atoms with Crippen LogP contribution in [-0.4, -0.2) is 24.4 Å². The molecule has 4 rings (SSSR count). The van der Waals surface area contributed by atoms with E-state index >= 15 is 0 Å². The summed E-state index contributed by atoms with van der Waals surface area (Å²) in [6.07, 6.45) is 0.375. The van der Waals surface area contributed by atoms with Gasteiger partial charge >= 0.3 is 0 Å². The third-order valence-electron chi connectivity index (χ3n) is 4.63. The fraction of sp³-hybridized carbons (Fsp3) is 0.312. The summed E-state index contributed by atoms with van der Waals surface area (Å²) in [4.78, 5) is 25.9. The first-order valence-corrected chi connectivity index (χ1v) is 9.10. The van der Waals surface area contributed by atoms with Gasteiger partial charge in [0, 0.05) is 18.1 Å². The maximum absolute atomic E-state index is 12.7. The Morgan fingerprint density at radius 3 is 2.96 bits per heavy atom. The second-order valence-electron chi connectivity index (χ2n) is 6.36. The second kappa shape index (κ2) is 5.98. The van der Waals surface area contributed by atoms with Crippen LogP contribution in [0.4, 0.5) is 10.7 Å². The summed E-state index contributed by atoms with van der Waals surface area (Å²) < 4.78 is 0. The molecule has 130 valence electrons. The minimum atomic E-state index is -0.523. The molecule has 2 aliphatic heterocycles. The first-order valence-electron chi connectivity index (χ1n) is 7.91. The van der Waals surface area contributed by atoms with Gasteiger partial charge in [-0.3, -0.25) is 14.9 Å². The van der Waals surface area contributed by atoms with Crippen LogP contribution in [-0.2, 0) is 13.0 Å². The van der Waals surface area contributed by atoms with Gasteiger partial charge in [-0.05, 0) is 11.6 Å². The van der Waals surface area contributed by atoms with Crippen molar-refractivity contribution in [1.29, 1.82) is 0 Å². The van der Waals surface area contributed by atoms with E-state index < -0.39 is 11.1 Å². The number of rotatable bonds is 2. The number of hydrogen-bond acceptors (Lipinski definition) is 5. The van der Waals surface area contributed by atoms with E-state index in [9.17, 15) is 14.9 Å². The summed E-state index contributed by atoms with van der Waals surface area (Å²) in [6, 6.07) is 4.57. The van der Waals surface area contributed by atoms with Crippen LogP contribution in [0.1, 0.15) is 32.5 Å². The van der Waals surface area contributed by atoms with Crippen LogP contribution in [0.3, 0.4) is 0 Å². The highest BCUT2D eigenvalue weighted by atomic mass is 35.5. The van der Waals surface area contributed by atoms with Crippen molar-refractivity contribution in [1.82, 2.24) is 5.32 Å². The number of carbonyl (C=O) groups is 1. The third kappa shape index (κ3) is 2.76. The molecule has 2 aliphatic rings. The smallest absolute Gasteiger partial charge is 0.288 e. The van der Waals surface area contributed by atoms with E-state index in [1.54, 1.807) is 17.4 Å². The summed E-state index contributed by atoms with van der Waals surface area (Å²) in [7, 11) is 2.14. The fourth-order valence-electron chi connectivity index (χ4n) is 3.35. The summed E-state index contributed by atoms with van der Waals surface area (Å²) in [5.41, 5.74) is 2.30. The van der Waals surface area contributed by atoms with Crippen LogP contribution in [0.25, 0.3) is 0 Å². The number of carbonyl (C=O) groups excluding carboxylic acids is 1. The van der Waals surface area contributed by atoms with E-state index in [2.05, 4.69) is 17.7 Å². The van der Waals surface area contributed by atoms with Gasteiger partial charge in [-0.2, -0.15) is 0 Å². The zero-order valence-electron chi connectivity index (χ0n) is 13.4. The van der Waals surface area contributed by atoms with Crippen molar-refractivity contribution >= 4 is 39.5 Å². The Labute approximate surface area is 152 Å². The molecule has 2 aromatic rings. The molecule has 7 nitrogen and oxygen atoms in total. The molecule has 1 unspecified atom stereocenters. The Morgan fingerprint density at radius 2 is 2.20 bits per heavy atom. The largest absolute Gasteiger partial charge is 0.353 e. The molecule has 9 heteroatoms. The minimum absolute atomic E-state index is 0.0779. The van der Waals surface area contributed by atoms with Gasteiger partial charge in [0.25, 0.3) is 11.6 Å². The average Bonchev–Trinajstić information content (AvgIpc) is 2.92. The molecule has 3 N–H and O–H groups in total.